The van der Waals surface area contributed by atoms with Gasteiger partial charge in [0, 0.05) is 0 Å². The first-order valence-corrected chi connectivity index (χ1v) is 20.6. The van der Waals surface area contributed by atoms with E-state index in [1.807, 2.05) is 12.1 Å². The van der Waals surface area contributed by atoms with Gasteiger partial charge in [0.25, 0.3) is 0 Å². The van der Waals surface area contributed by atoms with Crippen molar-refractivity contribution < 1.29 is 5.11 Å². The van der Waals surface area contributed by atoms with Gasteiger partial charge in [-0.25, -0.2) is 0 Å². The number of phenols is 1. The van der Waals surface area contributed by atoms with Crippen LogP contribution in [0.5, 0.6) is 5.75 Å². The number of rotatable bonds is 35. The molecule has 1 rings (SSSR count). The van der Waals surface area contributed by atoms with Gasteiger partial charge < -0.3 is 5.11 Å². The molecule has 0 aliphatic carbocycles. The number of aromatic hydroxyl groups is 1. The van der Waals surface area contributed by atoms with Gasteiger partial charge in [0.1, 0.15) is 5.75 Å². The molecule has 0 aliphatic rings. The standard InChI is InChI=1S/C43H80O/c1-3-5-7-9-11-13-15-17-19-21-23-25-27-29-31-33-37-41(42-39-35-36-40-43(42)44)38-34-32-30-28-26-24-22-20-18-16-14-12-10-8-6-4-2/h35-36,39-41,44H,3-34,37-38H2,1-2H3. The molecule has 0 amide bonds. The van der Waals surface area contributed by atoms with Gasteiger partial charge in [-0.3, -0.25) is 0 Å². The van der Waals surface area contributed by atoms with Gasteiger partial charge in [-0.1, -0.05) is 238 Å². The molecule has 0 aliphatic heterocycles. The normalized spacial score (nSPS) is 11.6. The summed E-state index contributed by atoms with van der Waals surface area (Å²) in [4.78, 5) is 0. The Hall–Kier alpha value is -0.980. The molecule has 0 saturated heterocycles. The van der Waals surface area contributed by atoms with Crippen LogP contribution in [0.2, 0.25) is 0 Å². The monoisotopic (exact) mass is 613 g/mol. The van der Waals surface area contributed by atoms with Gasteiger partial charge in [-0.15, -0.1) is 0 Å². The molecule has 0 heterocycles. The van der Waals surface area contributed by atoms with Crippen LogP contribution < -0.4 is 0 Å². The number of phenolic OH excluding ortho intramolecular Hbond substituents is 1. The van der Waals surface area contributed by atoms with Crippen molar-refractivity contribution in [2.24, 2.45) is 0 Å². The number of benzene rings is 1. The predicted molar refractivity (Wildman–Crippen MR) is 199 cm³/mol. The molecule has 258 valence electrons. The van der Waals surface area contributed by atoms with Crippen LogP contribution in [0.1, 0.15) is 244 Å². The van der Waals surface area contributed by atoms with E-state index in [2.05, 4.69) is 26.0 Å². The zero-order valence-electron chi connectivity index (χ0n) is 30.4. The molecule has 0 aromatic heterocycles. The Morgan fingerprint density at radius 3 is 0.886 bits per heavy atom. The highest BCUT2D eigenvalue weighted by Gasteiger charge is 2.14. The van der Waals surface area contributed by atoms with Crippen LogP contribution in [0.25, 0.3) is 0 Å². The smallest absolute Gasteiger partial charge is 0.119 e. The first kappa shape index (κ1) is 41.0. The van der Waals surface area contributed by atoms with Crippen molar-refractivity contribution in [3.05, 3.63) is 29.8 Å². The number of hydrogen-bond acceptors (Lipinski definition) is 1. The summed E-state index contributed by atoms with van der Waals surface area (Å²) in [6, 6.07) is 8.16. The molecule has 1 aromatic carbocycles. The minimum atomic E-state index is 0.519. The fraction of sp³-hybridized carbons (Fsp3) is 0.860. The maximum Gasteiger partial charge on any atom is 0.119 e. The van der Waals surface area contributed by atoms with Crippen LogP contribution in [-0.4, -0.2) is 5.11 Å². The molecule has 0 spiro atoms. The van der Waals surface area contributed by atoms with E-state index in [1.54, 1.807) is 0 Å². The van der Waals surface area contributed by atoms with Gasteiger partial charge >= 0.3 is 0 Å². The molecule has 0 fully saturated rings. The third-order valence-corrected chi connectivity index (χ3v) is 10.2. The van der Waals surface area contributed by atoms with Crippen LogP contribution in [-0.2, 0) is 0 Å². The van der Waals surface area contributed by atoms with E-state index in [0.717, 1.165) is 0 Å². The van der Waals surface area contributed by atoms with Crippen molar-refractivity contribution in [3.8, 4) is 5.75 Å². The quantitative estimate of drug-likeness (QED) is 0.0756. The van der Waals surface area contributed by atoms with Crippen LogP contribution in [0.4, 0.5) is 0 Å². The highest BCUT2D eigenvalue weighted by atomic mass is 16.3. The van der Waals surface area contributed by atoms with Gasteiger partial charge in [-0.05, 0) is 30.4 Å². The van der Waals surface area contributed by atoms with Crippen LogP contribution in [0.15, 0.2) is 24.3 Å². The number of hydrogen-bond donors (Lipinski definition) is 1. The fourth-order valence-electron chi connectivity index (χ4n) is 7.17. The Morgan fingerprint density at radius 2 is 0.614 bits per heavy atom. The van der Waals surface area contributed by atoms with Crippen LogP contribution in [0, 0.1) is 0 Å². The van der Waals surface area contributed by atoms with Gasteiger partial charge in [-0.2, -0.15) is 0 Å². The summed E-state index contributed by atoms with van der Waals surface area (Å²) >= 11 is 0. The molecule has 0 radical (unpaired) electrons. The molecular formula is C43H80O. The predicted octanol–water partition coefficient (Wildman–Crippen LogP) is 15.8. The molecule has 0 unspecified atom stereocenters. The Bertz CT molecular complexity index is 645. The second-order valence-electron chi connectivity index (χ2n) is 14.4. The first-order chi connectivity index (χ1) is 21.8. The number of unbranched alkanes of at least 4 members (excludes halogenated alkanes) is 30. The molecule has 0 saturated carbocycles. The van der Waals surface area contributed by atoms with Crippen molar-refractivity contribution >= 4 is 0 Å². The van der Waals surface area contributed by atoms with Gasteiger partial charge in [0.2, 0.25) is 0 Å². The zero-order chi connectivity index (χ0) is 31.6. The Labute approximate surface area is 278 Å². The van der Waals surface area contributed by atoms with E-state index in [0.29, 0.717) is 11.7 Å². The molecule has 1 heteroatoms. The van der Waals surface area contributed by atoms with E-state index in [9.17, 15) is 5.11 Å². The Balaban J connectivity index is 2.02. The van der Waals surface area contributed by atoms with Gasteiger partial charge in [0.15, 0.2) is 0 Å². The van der Waals surface area contributed by atoms with Gasteiger partial charge in [0.05, 0.1) is 0 Å². The lowest BCUT2D eigenvalue weighted by molar-refractivity contribution is 0.437. The van der Waals surface area contributed by atoms with Crippen molar-refractivity contribution in [2.45, 2.75) is 238 Å². The van der Waals surface area contributed by atoms with E-state index in [4.69, 9.17) is 0 Å². The average molecular weight is 613 g/mol. The SMILES string of the molecule is CCCCCCCCCCCCCCCCCCC(CCCCCCCCCCCCCCCCCC)c1ccccc1O. The summed E-state index contributed by atoms with van der Waals surface area (Å²) in [5.41, 5.74) is 1.20. The first-order valence-electron chi connectivity index (χ1n) is 20.6. The van der Waals surface area contributed by atoms with Crippen molar-refractivity contribution in [3.63, 3.8) is 0 Å². The summed E-state index contributed by atoms with van der Waals surface area (Å²) in [6.07, 6.45) is 48.1. The summed E-state index contributed by atoms with van der Waals surface area (Å²) in [7, 11) is 0. The van der Waals surface area contributed by atoms with E-state index in [1.165, 1.54) is 224 Å². The largest absolute Gasteiger partial charge is 0.508 e. The molecular weight excluding hydrogens is 532 g/mol. The van der Waals surface area contributed by atoms with Crippen molar-refractivity contribution in [2.75, 3.05) is 0 Å². The third-order valence-electron chi connectivity index (χ3n) is 10.2. The zero-order valence-corrected chi connectivity index (χ0v) is 30.4. The summed E-state index contributed by atoms with van der Waals surface area (Å²) in [6.45, 7) is 4.61. The van der Waals surface area contributed by atoms with E-state index in [-0.39, 0.29) is 0 Å². The highest BCUT2D eigenvalue weighted by molar-refractivity contribution is 5.34. The van der Waals surface area contributed by atoms with Crippen molar-refractivity contribution in [1.29, 1.82) is 0 Å². The van der Waals surface area contributed by atoms with E-state index >= 15 is 0 Å². The topological polar surface area (TPSA) is 20.2 Å². The molecule has 0 bridgehead atoms. The average Bonchev–Trinajstić information content (AvgIpc) is 3.03. The highest BCUT2D eigenvalue weighted by Crippen LogP contribution is 2.34. The van der Waals surface area contributed by atoms with Crippen molar-refractivity contribution in [1.82, 2.24) is 0 Å². The fourth-order valence-corrected chi connectivity index (χ4v) is 7.17. The Morgan fingerprint density at radius 1 is 0.364 bits per heavy atom. The second-order valence-corrected chi connectivity index (χ2v) is 14.4. The lowest BCUT2D eigenvalue weighted by Crippen LogP contribution is -2.00. The minimum Gasteiger partial charge on any atom is -0.508 e. The lowest BCUT2D eigenvalue weighted by Gasteiger charge is -2.19. The lowest BCUT2D eigenvalue weighted by atomic mass is 9.87. The maximum absolute atomic E-state index is 10.6. The molecule has 0 atom stereocenters. The second kappa shape index (κ2) is 33.4. The van der Waals surface area contributed by atoms with Crippen LogP contribution in [0.3, 0.4) is 0 Å². The summed E-state index contributed by atoms with van der Waals surface area (Å²) in [5.74, 6) is 1.06. The minimum absolute atomic E-state index is 0.519. The summed E-state index contributed by atoms with van der Waals surface area (Å²) in [5, 5.41) is 10.6. The van der Waals surface area contributed by atoms with Crippen LogP contribution >= 0.6 is 0 Å². The number of para-hydroxylation sites is 1. The molecule has 44 heavy (non-hydrogen) atoms. The Kier molecular flexibility index (Phi) is 31.1. The molecule has 1 N–H and O–H groups in total. The molecule has 1 aromatic rings. The molecule has 1 nitrogen and oxygen atoms in total. The third kappa shape index (κ3) is 26.3. The van der Waals surface area contributed by atoms with E-state index < -0.39 is 0 Å². The summed E-state index contributed by atoms with van der Waals surface area (Å²) < 4.78 is 0. The maximum atomic E-state index is 10.6.